The van der Waals surface area contributed by atoms with Crippen molar-refractivity contribution in [1.82, 2.24) is 9.38 Å². The molecule has 0 aliphatic rings. The maximum atomic E-state index is 10.4. The van der Waals surface area contributed by atoms with Gasteiger partial charge < -0.3 is 14.2 Å². The summed E-state index contributed by atoms with van der Waals surface area (Å²) in [5.41, 5.74) is 3.77. The second-order valence-corrected chi connectivity index (χ2v) is 5.32. The van der Waals surface area contributed by atoms with Crippen molar-refractivity contribution in [2.24, 2.45) is 0 Å². The number of nitrogens with zero attached hydrogens (tertiary/aromatic N) is 2. The summed E-state index contributed by atoms with van der Waals surface area (Å²) in [7, 11) is 1.66. The molecule has 1 aromatic carbocycles. The summed E-state index contributed by atoms with van der Waals surface area (Å²) in [4.78, 5) is 4.69. The first-order chi connectivity index (χ1) is 10.7. The van der Waals surface area contributed by atoms with Crippen molar-refractivity contribution in [2.75, 3.05) is 7.11 Å². The number of methoxy groups -OCH3 is 1. The Morgan fingerprint density at radius 1 is 1.23 bits per heavy atom. The molecule has 2 heterocycles. The van der Waals surface area contributed by atoms with Crippen molar-refractivity contribution in [3.05, 3.63) is 65.6 Å². The van der Waals surface area contributed by atoms with Gasteiger partial charge >= 0.3 is 0 Å². The highest BCUT2D eigenvalue weighted by atomic mass is 16.5. The fraction of sp³-hybridized carbons (Fsp3) is 0.278. The summed E-state index contributed by atoms with van der Waals surface area (Å²) < 4.78 is 7.25. The van der Waals surface area contributed by atoms with E-state index in [0.29, 0.717) is 12.8 Å². The predicted molar refractivity (Wildman–Crippen MR) is 86.2 cm³/mol. The second kappa shape index (κ2) is 6.20. The molecule has 1 atom stereocenters. The first-order valence-electron chi connectivity index (χ1n) is 7.49. The molecule has 0 saturated carbocycles. The lowest BCUT2D eigenvalue weighted by atomic mass is 10.0. The fourth-order valence-electron chi connectivity index (χ4n) is 2.72. The van der Waals surface area contributed by atoms with Gasteiger partial charge in [-0.15, -0.1) is 0 Å². The number of hydrogen-bond acceptors (Lipinski definition) is 3. The number of rotatable bonds is 5. The lowest BCUT2D eigenvalue weighted by molar-refractivity contribution is 0.167. The Labute approximate surface area is 130 Å². The molecular formula is C18H20N2O2. The second-order valence-electron chi connectivity index (χ2n) is 5.32. The maximum Gasteiger partial charge on any atom is 0.137 e. The Bertz CT molecular complexity index is 780. The monoisotopic (exact) mass is 296 g/mol. The van der Waals surface area contributed by atoms with Crippen LogP contribution < -0.4 is 4.74 Å². The number of aliphatic hydroxyl groups excluding tert-OH is 1. The first kappa shape index (κ1) is 14.6. The Morgan fingerprint density at radius 2 is 2.09 bits per heavy atom. The molecule has 0 bridgehead atoms. The van der Waals surface area contributed by atoms with Crippen molar-refractivity contribution in [1.29, 1.82) is 0 Å². The SMILES string of the molecule is CCC(O)c1c(Cc2cccc(OC)c2)nc2ccccn12. The Balaban J connectivity index is 2.05. The van der Waals surface area contributed by atoms with Crippen molar-refractivity contribution < 1.29 is 9.84 Å². The molecule has 0 spiro atoms. The number of aromatic nitrogens is 2. The molecule has 0 amide bonds. The van der Waals surface area contributed by atoms with Gasteiger partial charge in [-0.05, 0) is 36.2 Å². The Kier molecular flexibility index (Phi) is 4.11. The molecule has 3 rings (SSSR count). The minimum atomic E-state index is -0.516. The standard InChI is InChI=1S/C18H20N2O2/c1-3-16(21)18-15(19-17-9-4-5-10-20(17)18)12-13-7-6-8-14(11-13)22-2/h4-11,16,21H,3,12H2,1-2H3. The molecule has 1 unspecified atom stereocenters. The third-order valence-electron chi connectivity index (χ3n) is 3.85. The van der Waals surface area contributed by atoms with Crippen LogP contribution in [-0.4, -0.2) is 21.6 Å². The van der Waals surface area contributed by atoms with Gasteiger partial charge in [0.15, 0.2) is 0 Å². The van der Waals surface area contributed by atoms with E-state index in [9.17, 15) is 5.11 Å². The third-order valence-corrected chi connectivity index (χ3v) is 3.85. The Hall–Kier alpha value is -2.33. The molecule has 0 aliphatic heterocycles. The number of pyridine rings is 1. The van der Waals surface area contributed by atoms with Gasteiger partial charge in [-0.3, -0.25) is 0 Å². The molecule has 4 nitrogen and oxygen atoms in total. The normalized spacial score (nSPS) is 12.5. The molecule has 3 aromatic rings. The van der Waals surface area contributed by atoms with E-state index < -0.39 is 6.10 Å². The molecule has 0 radical (unpaired) electrons. The molecule has 22 heavy (non-hydrogen) atoms. The lowest BCUT2D eigenvalue weighted by Crippen LogP contribution is -2.04. The molecule has 0 fully saturated rings. The quantitative estimate of drug-likeness (QED) is 0.785. The smallest absolute Gasteiger partial charge is 0.137 e. The summed E-state index contributed by atoms with van der Waals surface area (Å²) in [6.45, 7) is 1.97. The van der Waals surface area contributed by atoms with E-state index in [0.717, 1.165) is 28.3 Å². The lowest BCUT2D eigenvalue weighted by Gasteiger charge is -2.11. The summed E-state index contributed by atoms with van der Waals surface area (Å²) in [6.07, 6.45) is 2.77. The van der Waals surface area contributed by atoms with Gasteiger partial charge in [0, 0.05) is 12.6 Å². The van der Waals surface area contributed by atoms with Gasteiger partial charge in [-0.1, -0.05) is 25.1 Å². The summed E-state index contributed by atoms with van der Waals surface area (Å²) >= 11 is 0. The van der Waals surface area contributed by atoms with Crippen LogP contribution in [0.25, 0.3) is 5.65 Å². The van der Waals surface area contributed by atoms with Crippen LogP contribution in [0.1, 0.15) is 36.4 Å². The average Bonchev–Trinajstić information content (AvgIpc) is 2.92. The Morgan fingerprint density at radius 3 is 2.86 bits per heavy atom. The number of benzene rings is 1. The van der Waals surface area contributed by atoms with E-state index in [1.165, 1.54) is 0 Å². The van der Waals surface area contributed by atoms with Crippen LogP contribution in [-0.2, 0) is 6.42 Å². The van der Waals surface area contributed by atoms with Crippen LogP contribution in [0.15, 0.2) is 48.7 Å². The molecule has 0 aliphatic carbocycles. The van der Waals surface area contributed by atoms with Crippen molar-refractivity contribution in [2.45, 2.75) is 25.9 Å². The van der Waals surface area contributed by atoms with Crippen molar-refractivity contribution in [3.63, 3.8) is 0 Å². The number of fused-ring (bicyclic) bond motifs is 1. The van der Waals surface area contributed by atoms with Crippen LogP contribution in [0, 0.1) is 0 Å². The van der Waals surface area contributed by atoms with Crippen LogP contribution in [0.2, 0.25) is 0 Å². The zero-order valence-corrected chi connectivity index (χ0v) is 12.9. The van der Waals surface area contributed by atoms with Gasteiger partial charge in [-0.2, -0.15) is 0 Å². The van der Waals surface area contributed by atoms with Crippen LogP contribution >= 0.6 is 0 Å². The van der Waals surface area contributed by atoms with Gasteiger partial charge in [0.2, 0.25) is 0 Å². The zero-order chi connectivity index (χ0) is 15.5. The minimum absolute atomic E-state index is 0.516. The highest BCUT2D eigenvalue weighted by molar-refractivity contribution is 5.45. The molecule has 4 heteroatoms. The number of aliphatic hydroxyl groups is 1. The van der Waals surface area contributed by atoms with E-state index in [-0.39, 0.29) is 0 Å². The van der Waals surface area contributed by atoms with E-state index in [1.807, 2.05) is 53.9 Å². The third kappa shape index (κ3) is 2.70. The molecular weight excluding hydrogens is 276 g/mol. The summed E-state index contributed by atoms with van der Waals surface area (Å²) in [5, 5.41) is 10.4. The van der Waals surface area contributed by atoms with Gasteiger partial charge in [-0.25, -0.2) is 4.98 Å². The van der Waals surface area contributed by atoms with E-state index in [1.54, 1.807) is 7.11 Å². The first-order valence-corrected chi connectivity index (χ1v) is 7.49. The summed E-state index contributed by atoms with van der Waals surface area (Å²) in [5.74, 6) is 0.832. The van der Waals surface area contributed by atoms with Crippen LogP contribution in [0.4, 0.5) is 0 Å². The van der Waals surface area contributed by atoms with Crippen molar-refractivity contribution in [3.8, 4) is 5.75 Å². The van der Waals surface area contributed by atoms with Gasteiger partial charge in [0.25, 0.3) is 0 Å². The predicted octanol–water partition coefficient (Wildman–Crippen LogP) is 3.38. The fourth-order valence-corrected chi connectivity index (χ4v) is 2.72. The van der Waals surface area contributed by atoms with E-state index in [2.05, 4.69) is 6.07 Å². The maximum absolute atomic E-state index is 10.4. The number of ether oxygens (including phenoxy) is 1. The highest BCUT2D eigenvalue weighted by Crippen LogP contribution is 2.25. The molecule has 114 valence electrons. The largest absolute Gasteiger partial charge is 0.497 e. The van der Waals surface area contributed by atoms with E-state index in [4.69, 9.17) is 9.72 Å². The average molecular weight is 296 g/mol. The number of imidazole rings is 1. The van der Waals surface area contributed by atoms with E-state index >= 15 is 0 Å². The molecule has 1 N–H and O–H groups in total. The zero-order valence-electron chi connectivity index (χ0n) is 12.9. The minimum Gasteiger partial charge on any atom is -0.497 e. The van der Waals surface area contributed by atoms with Crippen molar-refractivity contribution >= 4 is 5.65 Å². The topological polar surface area (TPSA) is 46.8 Å². The highest BCUT2D eigenvalue weighted by Gasteiger charge is 2.18. The molecule has 2 aromatic heterocycles. The van der Waals surface area contributed by atoms with Crippen LogP contribution in [0.3, 0.4) is 0 Å². The molecule has 0 saturated heterocycles. The summed E-state index contributed by atoms with van der Waals surface area (Å²) in [6, 6.07) is 13.8. The van der Waals surface area contributed by atoms with Gasteiger partial charge in [0.1, 0.15) is 11.4 Å². The van der Waals surface area contributed by atoms with Crippen LogP contribution in [0.5, 0.6) is 5.75 Å². The van der Waals surface area contributed by atoms with Gasteiger partial charge in [0.05, 0.1) is 24.6 Å². The number of hydrogen-bond donors (Lipinski definition) is 1.